The van der Waals surface area contributed by atoms with Crippen molar-refractivity contribution in [2.45, 2.75) is 18.9 Å². The van der Waals surface area contributed by atoms with Crippen molar-refractivity contribution in [3.05, 3.63) is 40.6 Å². The number of nitrogens with one attached hydrogen (secondary N) is 2. The van der Waals surface area contributed by atoms with E-state index >= 15 is 0 Å². The summed E-state index contributed by atoms with van der Waals surface area (Å²) in [6, 6.07) is 7.49. The standard InChI is InChI=1S/C16H19BrN4O2/c1-23-12-4-5-13(17)15(9-12)19-16(22)14-6-8-21(20-14)11-3-2-7-18-10-11/h4-6,8-9,11,18H,2-3,7,10H2,1H3,(H,19,22). The van der Waals surface area contributed by atoms with Crippen LogP contribution < -0.4 is 15.4 Å². The summed E-state index contributed by atoms with van der Waals surface area (Å²) in [5.74, 6) is 0.448. The van der Waals surface area contributed by atoms with Crippen LogP contribution in [0.4, 0.5) is 5.69 Å². The van der Waals surface area contributed by atoms with Crippen molar-refractivity contribution < 1.29 is 9.53 Å². The van der Waals surface area contributed by atoms with Gasteiger partial charge in [-0.2, -0.15) is 5.10 Å². The molecule has 0 bridgehead atoms. The number of aromatic nitrogens is 2. The molecule has 7 heteroatoms. The number of benzene rings is 1. The number of hydrogen-bond acceptors (Lipinski definition) is 4. The SMILES string of the molecule is COc1ccc(Br)c(NC(=O)c2ccn(C3CCCNC3)n2)c1. The third-order valence-corrected chi connectivity index (χ3v) is 4.60. The summed E-state index contributed by atoms with van der Waals surface area (Å²) in [6.45, 7) is 1.94. The highest BCUT2D eigenvalue weighted by Gasteiger charge is 2.18. The van der Waals surface area contributed by atoms with E-state index in [1.807, 2.05) is 23.0 Å². The molecule has 1 fully saturated rings. The Labute approximate surface area is 143 Å². The second kappa shape index (κ2) is 7.14. The number of methoxy groups -OCH3 is 1. The zero-order chi connectivity index (χ0) is 16.2. The number of amides is 1. The van der Waals surface area contributed by atoms with Gasteiger partial charge < -0.3 is 15.4 Å². The van der Waals surface area contributed by atoms with Crippen LogP contribution in [0, 0.1) is 0 Å². The van der Waals surface area contributed by atoms with Gasteiger partial charge in [0.1, 0.15) is 5.75 Å². The molecule has 1 saturated heterocycles. The van der Waals surface area contributed by atoms with E-state index in [2.05, 4.69) is 31.7 Å². The number of carbonyl (C=O) groups excluding carboxylic acids is 1. The molecule has 1 aliphatic heterocycles. The van der Waals surface area contributed by atoms with E-state index in [0.717, 1.165) is 30.4 Å². The lowest BCUT2D eigenvalue weighted by molar-refractivity contribution is 0.102. The van der Waals surface area contributed by atoms with Crippen molar-refractivity contribution in [2.24, 2.45) is 0 Å². The summed E-state index contributed by atoms with van der Waals surface area (Å²) in [4.78, 5) is 12.4. The van der Waals surface area contributed by atoms with Gasteiger partial charge in [0, 0.05) is 23.3 Å². The van der Waals surface area contributed by atoms with E-state index < -0.39 is 0 Å². The number of ether oxygens (including phenoxy) is 1. The molecule has 2 heterocycles. The van der Waals surface area contributed by atoms with E-state index in [1.165, 1.54) is 0 Å². The average Bonchev–Trinajstić information content (AvgIpc) is 3.08. The van der Waals surface area contributed by atoms with Gasteiger partial charge >= 0.3 is 0 Å². The second-order valence-corrected chi connectivity index (χ2v) is 6.34. The number of hydrogen-bond donors (Lipinski definition) is 2. The fraction of sp³-hybridized carbons (Fsp3) is 0.375. The fourth-order valence-corrected chi connectivity index (χ4v) is 2.98. The van der Waals surface area contributed by atoms with Crippen molar-refractivity contribution in [2.75, 3.05) is 25.5 Å². The monoisotopic (exact) mass is 378 g/mol. The van der Waals surface area contributed by atoms with E-state index in [0.29, 0.717) is 23.2 Å². The molecule has 1 amide bonds. The fourth-order valence-electron chi connectivity index (χ4n) is 2.64. The molecule has 2 aromatic rings. The van der Waals surface area contributed by atoms with Gasteiger partial charge in [-0.05, 0) is 53.5 Å². The number of halogens is 1. The van der Waals surface area contributed by atoms with Crippen molar-refractivity contribution in [1.29, 1.82) is 0 Å². The Morgan fingerprint density at radius 3 is 3.09 bits per heavy atom. The molecule has 3 rings (SSSR count). The van der Waals surface area contributed by atoms with Crippen LogP contribution in [0.1, 0.15) is 29.4 Å². The molecule has 0 radical (unpaired) electrons. The predicted molar refractivity (Wildman–Crippen MR) is 92.0 cm³/mol. The summed E-state index contributed by atoms with van der Waals surface area (Å²) in [5, 5.41) is 10.6. The minimum atomic E-state index is -0.235. The maximum Gasteiger partial charge on any atom is 0.276 e. The van der Waals surface area contributed by atoms with E-state index in [4.69, 9.17) is 4.74 Å². The Morgan fingerprint density at radius 1 is 1.48 bits per heavy atom. The summed E-state index contributed by atoms with van der Waals surface area (Å²) < 4.78 is 7.85. The third kappa shape index (κ3) is 3.73. The molecular formula is C16H19BrN4O2. The number of nitrogens with zero attached hydrogens (tertiary/aromatic N) is 2. The van der Waals surface area contributed by atoms with Gasteiger partial charge in [0.2, 0.25) is 0 Å². The molecule has 0 spiro atoms. The molecule has 1 aliphatic rings. The largest absolute Gasteiger partial charge is 0.497 e. The molecule has 1 aromatic carbocycles. The zero-order valence-corrected chi connectivity index (χ0v) is 14.5. The van der Waals surface area contributed by atoms with Gasteiger partial charge in [0.15, 0.2) is 5.69 Å². The molecule has 1 atom stereocenters. The highest BCUT2D eigenvalue weighted by molar-refractivity contribution is 9.10. The number of piperidine rings is 1. The van der Waals surface area contributed by atoms with Crippen LogP contribution in [0.3, 0.4) is 0 Å². The Hall–Kier alpha value is -1.86. The molecular weight excluding hydrogens is 360 g/mol. The molecule has 0 saturated carbocycles. The summed E-state index contributed by atoms with van der Waals surface area (Å²) >= 11 is 3.42. The summed E-state index contributed by atoms with van der Waals surface area (Å²) in [7, 11) is 1.59. The summed E-state index contributed by atoms with van der Waals surface area (Å²) in [6.07, 6.45) is 4.08. The first-order valence-corrected chi connectivity index (χ1v) is 8.37. The zero-order valence-electron chi connectivity index (χ0n) is 12.9. The maximum atomic E-state index is 12.4. The van der Waals surface area contributed by atoms with Crippen molar-refractivity contribution >= 4 is 27.5 Å². The van der Waals surface area contributed by atoms with Crippen molar-refractivity contribution in [3.8, 4) is 5.75 Å². The highest BCUT2D eigenvalue weighted by Crippen LogP contribution is 2.27. The minimum absolute atomic E-state index is 0.235. The second-order valence-electron chi connectivity index (χ2n) is 5.48. The highest BCUT2D eigenvalue weighted by atomic mass is 79.9. The molecule has 2 N–H and O–H groups in total. The smallest absolute Gasteiger partial charge is 0.276 e. The Morgan fingerprint density at radius 2 is 2.35 bits per heavy atom. The average molecular weight is 379 g/mol. The van der Waals surface area contributed by atoms with E-state index in [9.17, 15) is 4.79 Å². The van der Waals surface area contributed by atoms with Gasteiger partial charge in [-0.25, -0.2) is 0 Å². The Kier molecular flexibility index (Phi) is 4.97. The minimum Gasteiger partial charge on any atom is -0.497 e. The molecule has 1 unspecified atom stereocenters. The lowest BCUT2D eigenvalue weighted by Crippen LogP contribution is -2.32. The van der Waals surface area contributed by atoms with Gasteiger partial charge in [-0.3, -0.25) is 9.48 Å². The van der Waals surface area contributed by atoms with Crippen molar-refractivity contribution in [3.63, 3.8) is 0 Å². The molecule has 122 valence electrons. The van der Waals surface area contributed by atoms with Crippen LogP contribution in [0.5, 0.6) is 5.75 Å². The van der Waals surface area contributed by atoms with Gasteiger partial charge in [-0.1, -0.05) is 0 Å². The Balaban J connectivity index is 1.72. The lowest BCUT2D eigenvalue weighted by atomic mass is 10.1. The van der Waals surface area contributed by atoms with Gasteiger partial charge in [0.05, 0.1) is 18.8 Å². The number of anilines is 1. The van der Waals surface area contributed by atoms with E-state index in [-0.39, 0.29) is 5.91 Å². The molecule has 0 aliphatic carbocycles. The first-order valence-electron chi connectivity index (χ1n) is 7.58. The molecule has 1 aromatic heterocycles. The molecule has 6 nitrogen and oxygen atoms in total. The van der Waals surface area contributed by atoms with Crippen LogP contribution >= 0.6 is 15.9 Å². The topological polar surface area (TPSA) is 68.2 Å². The van der Waals surface area contributed by atoms with Gasteiger partial charge in [0.25, 0.3) is 5.91 Å². The van der Waals surface area contributed by atoms with Crippen LogP contribution in [0.15, 0.2) is 34.9 Å². The Bertz CT molecular complexity index is 695. The van der Waals surface area contributed by atoms with Crippen LogP contribution in [-0.2, 0) is 0 Å². The third-order valence-electron chi connectivity index (χ3n) is 3.91. The van der Waals surface area contributed by atoms with Gasteiger partial charge in [-0.15, -0.1) is 0 Å². The van der Waals surface area contributed by atoms with Crippen LogP contribution in [0.25, 0.3) is 0 Å². The lowest BCUT2D eigenvalue weighted by Gasteiger charge is -2.22. The predicted octanol–water partition coefficient (Wildman–Crippen LogP) is 2.83. The summed E-state index contributed by atoms with van der Waals surface area (Å²) in [5.41, 5.74) is 1.06. The first-order chi connectivity index (χ1) is 11.2. The normalized spacial score (nSPS) is 17.7. The number of carbonyl (C=O) groups is 1. The van der Waals surface area contributed by atoms with Crippen molar-refractivity contribution in [1.82, 2.24) is 15.1 Å². The molecule has 23 heavy (non-hydrogen) atoms. The maximum absolute atomic E-state index is 12.4. The number of rotatable bonds is 4. The van der Waals surface area contributed by atoms with Crippen LogP contribution in [0.2, 0.25) is 0 Å². The first kappa shape index (κ1) is 16.0. The quantitative estimate of drug-likeness (QED) is 0.858. The van der Waals surface area contributed by atoms with Crippen LogP contribution in [-0.4, -0.2) is 35.9 Å². The van der Waals surface area contributed by atoms with E-state index in [1.54, 1.807) is 19.2 Å².